The van der Waals surface area contributed by atoms with Gasteiger partial charge in [-0.05, 0) is 36.3 Å². The second kappa shape index (κ2) is 4.21. The molecule has 1 aromatic carbocycles. The topological polar surface area (TPSA) is 29.4 Å². The van der Waals surface area contributed by atoms with E-state index in [4.69, 9.17) is 0 Å². The van der Waals surface area contributed by atoms with Crippen LogP contribution < -0.4 is 0 Å². The van der Waals surface area contributed by atoms with E-state index in [1.165, 1.54) is 24.0 Å². The van der Waals surface area contributed by atoms with E-state index in [2.05, 4.69) is 29.3 Å². The molecular weight excluding hydrogens is 174 g/mol. The predicted octanol–water partition coefficient (Wildman–Crippen LogP) is 2.44. The molecule has 1 saturated carbocycles. The fourth-order valence-electron chi connectivity index (χ4n) is 1.60. The summed E-state index contributed by atoms with van der Waals surface area (Å²) in [5.41, 5.74) is 2.70. The highest BCUT2D eigenvalue weighted by Gasteiger charge is 2.22. The molecule has 1 fully saturated rings. The maximum absolute atomic E-state index is 9.86. The molecule has 0 bridgehead atoms. The van der Waals surface area contributed by atoms with E-state index in [-0.39, 0.29) is 0 Å². The summed E-state index contributed by atoms with van der Waals surface area (Å²) >= 11 is 0. The normalized spacial score (nSPS) is 14.9. The van der Waals surface area contributed by atoms with Crippen molar-refractivity contribution in [3.05, 3.63) is 35.4 Å². The third kappa shape index (κ3) is 2.30. The summed E-state index contributed by atoms with van der Waals surface area (Å²) in [5.74, 6) is 0.817. The molecule has 2 nitrogen and oxygen atoms in total. The van der Waals surface area contributed by atoms with Crippen LogP contribution in [-0.2, 0) is 11.2 Å². The monoisotopic (exact) mass is 187 g/mol. The van der Waals surface area contributed by atoms with Gasteiger partial charge >= 0.3 is 0 Å². The summed E-state index contributed by atoms with van der Waals surface area (Å²) < 4.78 is 0. The Labute approximate surface area is 83.7 Å². The van der Waals surface area contributed by atoms with Crippen LogP contribution in [0.4, 0.5) is 0 Å². The Hall–Kier alpha value is -1.40. The SMILES string of the molecule is O=C=NCCc1ccc(C2CC2)cc1. The second-order valence-corrected chi connectivity index (χ2v) is 3.74. The van der Waals surface area contributed by atoms with Gasteiger partial charge in [-0.2, -0.15) is 0 Å². The number of nitrogens with zero attached hydrogens (tertiary/aromatic N) is 1. The molecule has 0 amide bonds. The zero-order valence-electron chi connectivity index (χ0n) is 8.07. The largest absolute Gasteiger partial charge is 0.234 e. The quantitative estimate of drug-likeness (QED) is 0.526. The molecule has 0 heterocycles. The van der Waals surface area contributed by atoms with Gasteiger partial charge in [0.2, 0.25) is 6.08 Å². The molecule has 0 unspecified atom stereocenters. The molecule has 14 heavy (non-hydrogen) atoms. The first kappa shape index (κ1) is 9.17. The van der Waals surface area contributed by atoms with E-state index < -0.39 is 0 Å². The highest BCUT2D eigenvalue weighted by molar-refractivity contribution is 5.33. The highest BCUT2D eigenvalue weighted by atomic mass is 16.1. The molecule has 0 spiro atoms. The zero-order valence-corrected chi connectivity index (χ0v) is 8.07. The van der Waals surface area contributed by atoms with Gasteiger partial charge in [0.1, 0.15) is 0 Å². The average Bonchev–Trinajstić information content (AvgIpc) is 3.03. The third-order valence-corrected chi connectivity index (χ3v) is 2.61. The van der Waals surface area contributed by atoms with Gasteiger partial charge in [0.15, 0.2) is 0 Å². The van der Waals surface area contributed by atoms with Crippen molar-refractivity contribution in [2.45, 2.75) is 25.2 Å². The van der Waals surface area contributed by atoms with Crippen LogP contribution in [0.25, 0.3) is 0 Å². The van der Waals surface area contributed by atoms with Gasteiger partial charge in [0.25, 0.3) is 0 Å². The molecule has 0 radical (unpaired) electrons. The average molecular weight is 187 g/mol. The maximum atomic E-state index is 9.86. The van der Waals surface area contributed by atoms with Gasteiger partial charge < -0.3 is 0 Å². The molecule has 0 N–H and O–H groups in total. The van der Waals surface area contributed by atoms with Crippen LogP contribution in [0.3, 0.4) is 0 Å². The number of rotatable bonds is 4. The minimum absolute atomic E-state index is 0.548. The fraction of sp³-hybridized carbons (Fsp3) is 0.417. The number of hydrogen-bond donors (Lipinski definition) is 0. The van der Waals surface area contributed by atoms with Crippen molar-refractivity contribution in [2.24, 2.45) is 4.99 Å². The third-order valence-electron chi connectivity index (χ3n) is 2.61. The van der Waals surface area contributed by atoms with E-state index in [0.29, 0.717) is 6.54 Å². The van der Waals surface area contributed by atoms with Gasteiger partial charge in [0.05, 0.1) is 6.54 Å². The summed E-state index contributed by atoms with van der Waals surface area (Å²) in [6, 6.07) is 8.65. The van der Waals surface area contributed by atoms with Gasteiger partial charge in [0, 0.05) is 0 Å². The van der Waals surface area contributed by atoms with Crippen molar-refractivity contribution in [3.63, 3.8) is 0 Å². The van der Waals surface area contributed by atoms with Crippen LogP contribution in [-0.4, -0.2) is 12.6 Å². The van der Waals surface area contributed by atoms with Crippen LogP contribution >= 0.6 is 0 Å². The van der Waals surface area contributed by atoms with E-state index in [1.54, 1.807) is 6.08 Å². The van der Waals surface area contributed by atoms with Crippen molar-refractivity contribution in [1.82, 2.24) is 0 Å². The van der Waals surface area contributed by atoms with Gasteiger partial charge in [-0.25, -0.2) is 9.79 Å². The van der Waals surface area contributed by atoms with E-state index in [0.717, 1.165) is 12.3 Å². The standard InChI is InChI=1S/C12H13NO/c14-9-13-8-7-10-1-3-11(4-2-10)12-5-6-12/h1-4,12H,5-8H2. The molecule has 1 aliphatic carbocycles. The number of isocyanates is 1. The summed E-state index contributed by atoms with van der Waals surface area (Å²) in [6.45, 7) is 0.548. The van der Waals surface area contributed by atoms with E-state index in [1.807, 2.05) is 0 Å². The summed E-state index contributed by atoms with van der Waals surface area (Å²) in [7, 11) is 0. The molecule has 1 aliphatic rings. The first-order chi connectivity index (χ1) is 6.90. The first-order valence-electron chi connectivity index (χ1n) is 5.02. The number of benzene rings is 1. The zero-order chi connectivity index (χ0) is 9.80. The first-order valence-corrected chi connectivity index (χ1v) is 5.02. The van der Waals surface area contributed by atoms with Crippen molar-refractivity contribution < 1.29 is 4.79 Å². The van der Waals surface area contributed by atoms with E-state index >= 15 is 0 Å². The Morgan fingerprint density at radius 3 is 2.57 bits per heavy atom. The van der Waals surface area contributed by atoms with Crippen LogP contribution in [0.1, 0.15) is 29.9 Å². The number of aliphatic imine (C=N–C) groups is 1. The summed E-state index contributed by atoms with van der Waals surface area (Å²) in [4.78, 5) is 13.4. The number of carbonyl (C=O) groups excluding carboxylic acids is 1. The Morgan fingerprint density at radius 1 is 1.29 bits per heavy atom. The lowest BCUT2D eigenvalue weighted by Crippen LogP contribution is -1.89. The van der Waals surface area contributed by atoms with Crippen LogP contribution in [0, 0.1) is 0 Å². The van der Waals surface area contributed by atoms with Crippen molar-refractivity contribution in [2.75, 3.05) is 6.54 Å². The molecular formula is C12H13NO. The van der Waals surface area contributed by atoms with Crippen molar-refractivity contribution in [1.29, 1.82) is 0 Å². The minimum Gasteiger partial charge on any atom is -0.211 e. The minimum atomic E-state index is 0.548. The fourth-order valence-corrected chi connectivity index (χ4v) is 1.60. The number of hydrogen-bond acceptors (Lipinski definition) is 2. The lowest BCUT2D eigenvalue weighted by Gasteiger charge is -2.00. The molecule has 0 aromatic heterocycles. The van der Waals surface area contributed by atoms with Crippen LogP contribution in [0.2, 0.25) is 0 Å². The highest BCUT2D eigenvalue weighted by Crippen LogP contribution is 2.39. The molecule has 2 rings (SSSR count). The summed E-state index contributed by atoms with van der Waals surface area (Å²) in [6.07, 6.45) is 5.07. The molecule has 72 valence electrons. The van der Waals surface area contributed by atoms with Crippen LogP contribution in [0.15, 0.2) is 29.3 Å². The lowest BCUT2D eigenvalue weighted by molar-refractivity contribution is 0.563. The Kier molecular flexibility index (Phi) is 2.76. The molecule has 2 heteroatoms. The lowest BCUT2D eigenvalue weighted by atomic mass is 10.1. The van der Waals surface area contributed by atoms with Crippen molar-refractivity contribution >= 4 is 6.08 Å². The van der Waals surface area contributed by atoms with Crippen molar-refractivity contribution in [3.8, 4) is 0 Å². The second-order valence-electron chi connectivity index (χ2n) is 3.74. The molecule has 0 saturated heterocycles. The summed E-state index contributed by atoms with van der Waals surface area (Å²) in [5, 5.41) is 0. The Morgan fingerprint density at radius 2 is 2.00 bits per heavy atom. The predicted molar refractivity (Wildman–Crippen MR) is 55.1 cm³/mol. The molecule has 0 aliphatic heterocycles. The Balaban J connectivity index is 1.95. The van der Waals surface area contributed by atoms with Gasteiger partial charge in [-0.3, -0.25) is 0 Å². The van der Waals surface area contributed by atoms with E-state index in [9.17, 15) is 4.79 Å². The maximum Gasteiger partial charge on any atom is 0.234 e. The van der Waals surface area contributed by atoms with Crippen LogP contribution in [0.5, 0.6) is 0 Å². The molecule has 0 atom stereocenters. The smallest absolute Gasteiger partial charge is 0.211 e. The molecule has 1 aromatic rings. The van der Waals surface area contributed by atoms with Gasteiger partial charge in [-0.1, -0.05) is 24.3 Å². The Bertz CT molecular complexity index is 345. The van der Waals surface area contributed by atoms with Gasteiger partial charge in [-0.15, -0.1) is 0 Å².